The van der Waals surface area contributed by atoms with Crippen molar-refractivity contribution in [3.8, 4) is 0 Å². The number of rotatable bonds is 6. The smallest absolute Gasteiger partial charge is 0.270 e. The zero-order valence-electron chi connectivity index (χ0n) is 14.2. The van der Waals surface area contributed by atoms with E-state index in [1.54, 1.807) is 12.3 Å². The van der Waals surface area contributed by atoms with Crippen molar-refractivity contribution in [2.45, 2.75) is 59.9 Å². The molecule has 118 valence electrons. The van der Waals surface area contributed by atoms with Crippen molar-refractivity contribution in [1.82, 2.24) is 10.3 Å². The number of carbonyl (C=O) groups excluding carboxylic acids is 1. The lowest BCUT2D eigenvalue weighted by molar-refractivity contribution is 0.0886. The molecule has 1 amide bonds. The molecule has 0 atom stereocenters. The van der Waals surface area contributed by atoms with Crippen LogP contribution in [0.15, 0.2) is 18.3 Å². The highest BCUT2D eigenvalue weighted by Crippen LogP contribution is 2.27. The van der Waals surface area contributed by atoms with Crippen molar-refractivity contribution in [3.63, 3.8) is 0 Å². The maximum absolute atomic E-state index is 12.4. The lowest BCUT2D eigenvalue weighted by Crippen LogP contribution is -2.46. The number of nitrogens with one attached hydrogen (secondary N) is 2. The molecule has 1 rings (SSSR count). The Bertz CT molecular complexity index is 475. The van der Waals surface area contributed by atoms with Crippen molar-refractivity contribution in [1.29, 1.82) is 0 Å². The minimum Gasteiger partial charge on any atom is -0.385 e. The second kappa shape index (κ2) is 6.92. The van der Waals surface area contributed by atoms with Crippen molar-refractivity contribution in [3.05, 3.63) is 24.0 Å². The SMILES string of the molecule is CCCNc1ccnc(C(=O)NC(C)(C)CC(C)(C)C)c1. The maximum atomic E-state index is 12.4. The minimum atomic E-state index is -0.260. The predicted molar refractivity (Wildman–Crippen MR) is 88.6 cm³/mol. The van der Waals surface area contributed by atoms with Crippen LogP contribution in [0.5, 0.6) is 0 Å². The van der Waals surface area contributed by atoms with Gasteiger partial charge in [-0.2, -0.15) is 0 Å². The molecule has 21 heavy (non-hydrogen) atoms. The van der Waals surface area contributed by atoms with E-state index in [0.717, 1.165) is 25.1 Å². The highest BCUT2D eigenvalue weighted by molar-refractivity contribution is 5.93. The number of hydrogen-bond acceptors (Lipinski definition) is 3. The summed E-state index contributed by atoms with van der Waals surface area (Å²) >= 11 is 0. The molecule has 1 aromatic heterocycles. The van der Waals surface area contributed by atoms with E-state index >= 15 is 0 Å². The summed E-state index contributed by atoms with van der Waals surface area (Å²) in [5, 5.41) is 6.35. The van der Waals surface area contributed by atoms with Gasteiger partial charge in [0.25, 0.3) is 5.91 Å². The van der Waals surface area contributed by atoms with Gasteiger partial charge in [-0.25, -0.2) is 0 Å². The molecular weight excluding hydrogens is 262 g/mol. The molecule has 0 saturated carbocycles. The highest BCUT2D eigenvalue weighted by Gasteiger charge is 2.27. The Morgan fingerprint density at radius 1 is 1.24 bits per heavy atom. The number of anilines is 1. The summed E-state index contributed by atoms with van der Waals surface area (Å²) in [7, 11) is 0. The van der Waals surface area contributed by atoms with Gasteiger partial charge in [-0.05, 0) is 44.2 Å². The monoisotopic (exact) mass is 291 g/mol. The summed E-state index contributed by atoms with van der Waals surface area (Å²) in [6.45, 7) is 13.6. The van der Waals surface area contributed by atoms with Crippen molar-refractivity contribution >= 4 is 11.6 Å². The Labute approximate surface area is 128 Å². The van der Waals surface area contributed by atoms with E-state index in [2.05, 4.69) is 57.2 Å². The summed E-state index contributed by atoms with van der Waals surface area (Å²) in [6, 6.07) is 3.69. The van der Waals surface area contributed by atoms with Crippen LogP contribution in [0.25, 0.3) is 0 Å². The number of nitrogens with zero attached hydrogens (tertiary/aromatic N) is 1. The van der Waals surface area contributed by atoms with E-state index in [-0.39, 0.29) is 16.9 Å². The zero-order valence-corrected chi connectivity index (χ0v) is 14.2. The normalized spacial score (nSPS) is 12.1. The molecule has 0 radical (unpaired) electrons. The molecule has 0 aromatic carbocycles. The van der Waals surface area contributed by atoms with E-state index in [9.17, 15) is 4.79 Å². The van der Waals surface area contributed by atoms with Gasteiger partial charge in [0.1, 0.15) is 5.69 Å². The lowest BCUT2D eigenvalue weighted by atomic mass is 9.82. The van der Waals surface area contributed by atoms with Gasteiger partial charge in [0.15, 0.2) is 0 Å². The largest absolute Gasteiger partial charge is 0.385 e. The van der Waals surface area contributed by atoms with Crippen LogP contribution in [0, 0.1) is 5.41 Å². The molecule has 0 aliphatic heterocycles. The third kappa shape index (κ3) is 6.61. The lowest BCUT2D eigenvalue weighted by Gasteiger charge is -2.33. The first-order valence-electron chi connectivity index (χ1n) is 7.65. The van der Waals surface area contributed by atoms with Gasteiger partial charge < -0.3 is 10.6 Å². The molecular formula is C17H29N3O. The first-order valence-corrected chi connectivity index (χ1v) is 7.65. The molecule has 2 N–H and O–H groups in total. The first-order chi connectivity index (χ1) is 9.63. The van der Waals surface area contributed by atoms with E-state index < -0.39 is 0 Å². The number of pyridine rings is 1. The van der Waals surface area contributed by atoms with Gasteiger partial charge >= 0.3 is 0 Å². The van der Waals surface area contributed by atoms with Crippen LogP contribution in [-0.2, 0) is 0 Å². The average molecular weight is 291 g/mol. The predicted octanol–water partition coefficient (Wildman–Crippen LogP) is 3.85. The van der Waals surface area contributed by atoms with Gasteiger partial charge in [-0.3, -0.25) is 9.78 Å². The Morgan fingerprint density at radius 2 is 1.90 bits per heavy atom. The van der Waals surface area contributed by atoms with Crippen LogP contribution in [-0.4, -0.2) is 23.0 Å². The third-order valence-electron chi connectivity index (χ3n) is 3.00. The first kappa shape index (κ1) is 17.5. The Balaban J connectivity index is 2.75. The van der Waals surface area contributed by atoms with Gasteiger partial charge in [-0.15, -0.1) is 0 Å². The summed E-state index contributed by atoms with van der Waals surface area (Å²) in [4.78, 5) is 16.5. The molecule has 1 aromatic rings. The van der Waals surface area contributed by atoms with E-state index in [4.69, 9.17) is 0 Å². The van der Waals surface area contributed by atoms with Crippen LogP contribution in [0.2, 0.25) is 0 Å². The molecule has 0 spiro atoms. The molecule has 0 unspecified atom stereocenters. The topological polar surface area (TPSA) is 54.0 Å². The molecule has 0 fully saturated rings. The quantitative estimate of drug-likeness (QED) is 0.837. The van der Waals surface area contributed by atoms with Crippen LogP contribution in [0.3, 0.4) is 0 Å². The van der Waals surface area contributed by atoms with E-state index in [1.165, 1.54) is 0 Å². The fourth-order valence-electron chi connectivity index (χ4n) is 2.68. The maximum Gasteiger partial charge on any atom is 0.270 e. The Kier molecular flexibility index (Phi) is 5.76. The summed E-state index contributed by atoms with van der Waals surface area (Å²) in [5.41, 5.74) is 1.29. The Hall–Kier alpha value is -1.58. The summed E-state index contributed by atoms with van der Waals surface area (Å²) < 4.78 is 0. The Morgan fingerprint density at radius 3 is 2.48 bits per heavy atom. The number of hydrogen-bond donors (Lipinski definition) is 2. The standard InChI is InChI=1S/C17H29N3O/c1-7-9-18-13-8-10-19-14(11-13)15(21)20-17(5,6)12-16(2,3)4/h8,10-11H,7,9,12H2,1-6H3,(H,18,19)(H,20,21). The fraction of sp³-hybridized carbons (Fsp3) is 0.647. The van der Waals surface area contributed by atoms with Crippen molar-refractivity contribution in [2.75, 3.05) is 11.9 Å². The average Bonchev–Trinajstić information content (AvgIpc) is 2.33. The second-order valence-electron chi connectivity index (χ2n) is 7.43. The number of amides is 1. The molecule has 0 bridgehead atoms. The van der Waals surface area contributed by atoms with Gasteiger partial charge in [0.05, 0.1) is 0 Å². The van der Waals surface area contributed by atoms with Gasteiger partial charge in [-0.1, -0.05) is 27.7 Å². The van der Waals surface area contributed by atoms with Gasteiger partial charge in [0, 0.05) is 24.0 Å². The molecule has 0 aliphatic carbocycles. The fourth-order valence-corrected chi connectivity index (χ4v) is 2.68. The van der Waals surface area contributed by atoms with E-state index in [0.29, 0.717) is 5.69 Å². The second-order valence-corrected chi connectivity index (χ2v) is 7.43. The van der Waals surface area contributed by atoms with Crippen LogP contribution in [0.4, 0.5) is 5.69 Å². The van der Waals surface area contributed by atoms with E-state index in [1.807, 2.05) is 6.07 Å². The minimum absolute atomic E-state index is 0.121. The molecule has 0 saturated heterocycles. The van der Waals surface area contributed by atoms with Crippen molar-refractivity contribution < 1.29 is 4.79 Å². The number of aromatic nitrogens is 1. The third-order valence-corrected chi connectivity index (χ3v) is 3.00. The zero-order chi connectivity index (χ0) is 16.1. The summed E-state index contributed by atoms with van der Waals surface area (Å²) in [5.74, 6) is -0.121. The van der Waals surface area contributed by atoms with Gasteiger partial charge in [0.2, 0.25) is 0 Å². The van der Waals surface area contributed by atoms with Crippen molar-refractivity contribution in [2.24, 2.45) is 5.41 Å². The number of carbonyl (C=O) groups is 1. The van der Waals surface area contributed by atoms with Crippen LogP contribution >= 0.6 is 0 Å². The molecule has 0 aliphatic rings. The highest BCUT2D eigenvalue weighted by atomic mass is 16.2. The summed E-state index contributed by atoms with van der Waals surface area (Å²) in [6.07, 6.45) is 3.62. The molecule has 4 heteroatoms. The molecule has 1 heterocycles. The van der Waals surface area contributed by atoms with Crippen LogP contribution < -0.4 is 10.6 Å². The molecule has 4 nitrogen and oxygen atoms in total. The van der Waals surface area contributed by atoms with Crippen LogP contribution in [0.1, 0.15) is 64.9 Å².